The van der Waals surface area contributed by atoms with Gasteiger partial charge in [0.2, 0.25) is 0 Å². The lowest BCUT2D eigenvalue weighted by molar-refractivity contribution is 0.0690. The van der Waals surface area contributed by atoms with Gasteiger partial charge >= 0.3 is 5.97 Å². The van der Waals surface area contributed by atoms with Gasteiger partial charge in [0, 0.05) is 23.9 Å². The molecular weight excluding hydrogens is 356 g/mol. The molecule has 0 fully saturated rings. The summed E-state index contributed by atoms with van der Waals surface area (Å²) in [6.45, 7) is 3.05. The summed E-state index contributed by atoms with van der Waals surface area (Å²) in [5, 5.41) is 13.8. The Kier molecular flexibility index (Phi) is 7.40. The van der Waals surface area contributed by atoms with Crippen LogP contribution < -0.4 is 14.8 Å². The first-order chi connectivity index (χ1) is 12.5. The van der Waals surface area contributed by atoms with Crippen LogP contribution in [-0.2, 0) is 6.42 Å². The van der Waals surface area contributed by atoms with Gasteiger partial charge in [-0.15, -0.1) is 11.3 Å². The number of methoxy groups -OCH3 is 1. The molecule has 0 atom stereocenters. The van der Waals surface area contributed by atoms with Crippen LogP contribution in [0.15, 0.2) is 23.6 Å². The monoisotopic (exact) mass is 378 g/mol. The average Bonchev–Trinajstić information content (AvgIpc) is 3.11. The fraction of sp³-hybridized carbons (Fsp3) is 0.389. The number of carbonyl (C=O) groups excluding carboxylic acids is 1. The molecule has 0 saturated heterocycles. The van der Waals surface area contributed by atoms with Crippen molar-refractivity contribution < 1.29 is 24.2 Å². The zero-order valence-electron chi connectivity index (χ0n) is 14.8. The molecule has 26 heavy (non-hydrogen) atoms. The predicted molar refractivity (Wildman–Crippen MR) is 98.5 cm³/mol. The van der Waals surface area contributed by atoms with E-state index >= 15 is 0 Å². The lowest BCUT2D eigenvalue weighted by Crippen LogP contribution is -2.25. The Morgan fingerprint density at radius 3 is 2.77 bits per heavy atom. The molecule has 1 aromatic heterocycles. The number of thiazole rings is 1. The number of unbranched alkanes of at least 4 members (excludes halogenated alkanes) is 1. The minimum atomic E-state index is -1.05. The molecule has 0 saturated carbocycles. The smallest absolute Gasteiger partial charge is 0.355 e. The van der Waals surface area contributed by atoms with Crippen molar-refractivity contribution in [3.63, 3.8) is 0 Å². The van der Waals surface area contributed by atoms with Crippen molar-refractivity contribution in [3.05, 3.63) is 39.8 Å². The van der Waals surface area contributed by atoms with E-state index in [1.165, 1.54) is 23.8 Å². The van der Waals surface area contributed by atoms with E-state index in [1.807, 2.05) is 0 Å². The second kappa shape index (κ2) is 9.76. The first kappa shape index (κ1) is 19.7. The number of aromatic carboxylic acids is 1. The highest BCUT2D eigenvalue weighted by Crippen LogP contribution is 2.28. The van der Waals surface area contributed by atoms with E-state index in [0.717, 1.165) is 12.8 Å². The van der Waals surface area contributed by atoms with E-state index in [2.05, 4.69) is 17.2 Å². The molecule has 8 heteroatoms. The number of rotatable bonds is 10. The SMILES string of the molecule is CCCCOc1ccc(C(=O)NCCc2nc(C(=O)O)cs2)cc1OC. The molecule has 0 bridgehead atoms. The minimum Gasteiger partial charge on any atom is -0.493 e. The Morgan fingerprint density at radius 2 is 2.12 bits per heavy atom. The van der Waals surface area contributed by atoms with Gasteiger partial charge in [0.25, 0.3) is 5.91 Å². The second-order valence-corrected chi connectivity index (χ2v) is 6.45. The van der Waals surface area contributed by atoms with Crippen LogP contribution in [0.1, 0.15) is 45.6 Å². The zero-order chi connectivity index (χ0) is 18.9. The van der Waals surface area contributed by atoms with Crippen LogP contribution >= 0.6 is 11.3 Å². The normalized spacial score (nSPS) is 10.4. The Bertz CT molecular complexity index is 760. The van der Waals surface area contributed by atoms with Crippen molar-refractivity contribution in [3.8, 4) is 11.5 Å². The number of benzene rings is 1. The van der Waals surface area contributed by atoms with E-state index in [0.29, 0.717) is 41.6 Å². The Hall–Kier alpha value is -2.61. The number of ether oxygens (including phenoxy) is 2. The number of carboxylic acid groups (broad SMARTS) is 1. The molecule has 140 valence electrons. The summed E-state index contributed by atoms with van der Waals surface area (Å²) in [6, 6.07) is 5.05. The van der Waals surface area contributed by atoms with E-state index in [1.54, 1.807) is 18.2 Å². The van der Waals surface area contributed by atoms with Gasteiger partial charge in [0.1, 0.15) is 0 Å². The third-order valence-electron chi connectivity index (χ3n) is 3.58. The molecule has 1 amide bonds. The van der Waals surface area contributed by atoms with Crippen LogP contribution in [0.5, 0.6) is 11.5 Å². The first-order valence-corrected chi connectivity index (χ1v) is 9.19. The molecule has 0 aliphatic heterocycles. The van der Waals surface area contributed by atoms with Crippen molar-refractivity contribution in [1.82, 2.24) is 10.3 Å². The Labute approximate surface area is 156 Å². The van der Waals surface area contributed by atoms with Crippen LogP contribution in [0.2, 0.25) is 0 Å². The van der Waals surface area contributed by atoms with Crippen LogP contribution in [0, 0.1) is 0 Å². The van der Waals surface area contributed by atoms with Crippen LogP contribution in [0.25, 0.3) is 0 Å². The highest BCUT2D eigenvalue weighted by atomic mass is 32.1. The van der Waals surface area contributed by atoms with E-state index in [9.17, 15) is 9.59 Å². The number of nitrogens with zero attached hydrogens (tertiary/aromatic N) is 1. The highest BCUT2D eigenvalue weighted by Gasteiger charge is 2.12. The number of carboxylic acids is 1. The van der Waals surface area contributed by atoms with Crippen LogP contribution in [0.3, 0.4) is 0 Å². The second-order valence-electron chi connectivity index (χ2n) is 5.51. The van der Waals surface area contributed by atoms with Crippen molar-refractivity contribution in [1.29, 1.82) is 0 Å². The zero-order valence-corrected chi connectivity index (χ0v) is 15.6. The van der Waals surface area contributed by atoms with Crippen molar-refractivity contribution in [2.75, 3.05) is 20.3 Å². The van der Waals surface area contributed by atoms with Gasteiger partial charge in [0.05, 0.1) is 18.7 Å². The van der Waals surface area contributed by atoms with Gasteiger partial charge < -0.3 is 19.9 Å². The number of hydrogen-bond acceptors (Lipinski definition) is 6. The van der Waals surface area contributed by atoms with Gasteiger partial charge in [-0.1, -0.05) is 13.3 Å². The summed E-state index contributed by atoms with van der Waals surface area (Å²) in [5.74, 6) is -0.162. The summed E-state index contributed by atoms with van der Waals surface area (Å²) >= 11 is 1.26. The third kappa shape index (κ3) is 5.45. The number of carbonyl (C=O) groups is 2. The molecule has 2 rings (SSSR count). The molecule has 0 spiro atoms. The number of hydrogen-bond donors (Lipinski definition) is 2. The molecule has 7 nitrogen and oxygen atoms in total. The van der Waals surface area contributed by atoms with Gasteiger partial charge in [0.15, 0.2) is 17.2 Å². The number of aromatic nitrogens is 1. The minimum absolute atomic E-state index is 0.0275. The van der Waals surface area contributed by atoms with E-state index < -0.39 is 5.97 Å². The van der Waals surface area contributed by atoms with Gasteiger partial charge in [-0.3, -0.25) is 4.79 Å². The molecule has 2 N–H and O–H groups in total. The lowest BCUT2D eigenvalue weighted by Gasteiger charge is -2.12. The quantitative estimate of drug-likeness (QED) is 0.617. The van der Waals surface area contributed by atoms with Gasteiger partial charge in [-0.05, 0) is 24.6 Å². The maximum Gasteiger partial charge on any atom is 0.355 e. The summed E-state index contributed by atoms with van der Waals surface area (Å²) in [7, 11) is 1.53. The van der Waals surface area contributed by atoms with E-state index in [4.69, 9.17) is 14.6 Å². The first-order valence-electron chi connectivity index (χ1n) is 8.31. The molecule has 1 aromatic carbocycles. The summed E-state index contributed by atoms with van der Waals surface area (Å²) in [5.41, 5.74) is 0.495. The van der Waals surface area contributed by atoms with Crippen LogP contribution in [-0.4, -0.2) is 42.2 Å². The maximum absolute atomic E-state index is 12.3. The summed E-state index contributed by atoms with van der Waals surface area (Å²) in [4.78, 5) is 27.1. The Morgan fingerprint density at radius 1 is 1.31 bits per heavy atom. The maximum atomic E-state index is 12.3. The highest BCUT2D eigenvalue weighted by molar-refractivity contribution is 7.09. The average molecular weight is 378 g/mol. The fourth-order valence-corrected chi connectivity index (χ4v) is 2.94. The topological polar surface area (TPSA) is 97.8 Å². The largest absolute Gasteiger partial charge is 0.493 e. The number of amides is 1. The molecule has 1 heterocycles. The lowest BCUT2D eigenvalue weighted by atomic mass is 10.2. The van der Waals surface area contributed by atoms with Crippen LogP contribution in [0.4, 0.5) is 0 Å². The molecule has 0 aliphatic carbocycles. The Balaban J connectivity index is 1.90. The molecular formula is C18H22N2O5S. The molecule has 0 unspecified atom stereocenters. The standard InChI is InChI=1S/C18H22N2O5S/c1-3-4-9-25-14-6-5-12(10-15(14)24-2)17(21)19-8-7-16-20-13(11-26-16)18(22)23/h5-6,10-11H,3-4,7-9H2,1-2H3,(H,19,21)(H,22,23). The third-order valence-corrected chi connectivity index (χ3v) is 4.49. The summed E-state index contributed by atoms with van der Waals surface area (Å²) < 4.78 is 10.9. The van der Waals surface area contributed by atoms with Gasteiger partial charge in [-0.2, -0.15) is 0 Å². The van der Waals surface area contributed by atoms with Crippen molar-refractivity contribution in [2.45, 2.75) is 26.2 Å². The van der Waals surface area contributed by atoms with Gasteiger partial charge in [-0.25, -0.2) is 9.78 Å². The molecule has 2 aromatic rings. The van der Waals surface area contributed by atoms with E-state index in [-0.39, 0.29) is 11.6 Å². The fourth-order valence-electron chi connectivity index (χ4n) is 2.16. The predicted octanol–water partition coefficient (Wildman–Crippen LogP) is 3.00. The summed E-state index contributed by atoms with van der Waals surface area (Å²) in [6.07, 6.45) is 2.46. The van der Waals surface area contributed by atoms with Crippen molar-refractivity contribution in [2.24, 2.45) is 0 Å². The molecule has 0 radical (unpaired) electrons. The van der Waals surface area contributed by atoms with Crippen molar-refractivity contribution >= 4 is 23.2 Å². The number of nitrogens with one attached hydrogen (secondary N) is 1. The molecule has 0 aliphatic rings.